The maximum Gasteiger partial charge on any atom is 0.231 e. The molecule has 0 spiro atoms. The second-order valence-corrected chi connectivity index (χ2v) is 5.77. The van der Waals surface area contributed by atoms with Crippen LogP contribution in [0, 0.1) is 12.3 Å². The van der Waals surface area contributed by atoms with Gasteiger partial charge in [0, 0.05) is 16.8 Å². The summed E-state index contributed by atoms with van der Waals surface area (Å²) in [6.45, 7) is 3.89. The summed E-state index contributed by atoms with van der Waals surface area (Å²) in [5, 5.41) is 3.58. The minimum atomic E-state index is -0.464. The van der Waals surface area contributed by atoms with E-state index in [1.54, 1.807) is 6.07 Å². The third-order valence-corrected chi connectivity index (χ3v) is 4.23. The van der Waals surface area contributed by atoms with Crippen LogP contribution >= 0.6 is 11.6 Å². The van der Waals surface area contributed by atoms with Gasteiger partial charge in [0.2, 0.25) is 5.91 Å². The van der Waals surface area contributed by atoms with Gasteiger partial charge in [0.05, 0.1) is 5.41 Å². The first-order valence-electron chi connectivity index (χ1n) is 6.26. The molecule has 0 radical (unpaired) electrons. The summed E-state index contributed by atoms with van der Waals surface area (Å²) in [4.78, 5) is 12.4. The predicted molar refractivity (Wildman–Crippen MR) is 74.8 cm³/mol. The monoisotopic (exact) mass is 266 g/mol. The van der Waals surface area contributed by atoms with E-state index in [1.165, 1.54) is 0 Å². The van der Waals surface area contributed by atoms with E-state index in [0.717, 1.165) is 30.5 Å². The Balaban J connectivity index is 2.19. The van der Waals surface area contributed by atoms with Gasteiger partial charge in [-0.15, -0.1) is 0 Å². The second kappa shape index (κ2) is 4.90. The topological polar surface area (TPSA) is 55.1 Å². The highest BCUT2D eigenvalue weighted by Crippen LogP contribution is 2.38. The minimum Gasteiger partial charge on any atom is -0.327 e. The highest BCUT2D eigenvalue weighted by molar-refractivity contribution is 6.31. The van der Waals surface area contributed by atoms with Gasteiger partial charge in [0.1, 0.15) is 0 Å². The first kappa shape index (κ1) is 13.4. The zero-order chi connectivity index (χ0) is 13.3. The lowest BCUT2D eigenvalue weighted by molar-refractivity contribution is -0.125. The van der Waals surface area contributed by atoms with Gasteiger partial charge < -0.3 is 11.1 Å². The number of halogens is 1. The summed E-state index contributed by atoms with van der Waals surface area (Å²) in [7, 11) is 0. The molecule has 1 saturated carbocycles. The van der Waals surface area contributed by atoms with Gasteiger partial charge in [-0.25, -0.2) is 0 Å². The Morgan fingerprint density at radius 2 is 2.28 bits per heavy atom. The van der Waals surface area contributed by atoms with E-state index in [-0.39, 0.29) is 11.9 Å². The summed E-state index contributed by atoms with van der Waals surface area (Å²) in [6.07, 6.45) is 2.78. The Hall–Kier alpha value is -1.06. The van der Waals surface area contributed by atoms with E-state index in [2.05, 4.69) is 5.32 Å². The predicted octanol–water partition coefficient (Wildman–Crippen LogP) is 3.10. The highest BCUT2D eigenvalue weighted by atomic mass is 35.5. The largest absolute Gasteiger partial charge is 0.327 e. The molecule has 2 unspecified atom stereocenters. The third kappa shape index (κ3) is 2.38. The molecule has 18 heavy (non-hydrogen) atoms. The van der Waals surface area contributed by atoms with Gasteiger partial charge in [-0.2, -0.15) is 0 Å². The van der Waals surface area contributed by atoms with E-state index < -0.39 is 5.41 Å². The number of carbonyl (C=O) groups excluding carboxylic acids is 1. The van der Waals surface area contributed by atoms with E-state index >= 15 is 0 Å². The Bertz CT molecular complexity index is 475. The van der Waals surface area contributed by atoms with Crippen LogP contribution < -0.4 is 11.1 Å². The zero-order valence-electron chi connectivity index (χ0n) is 10.8. The number of amides is 1. The molecule has 2 rings (SSSR count). The van der Waals surface area contributed by atoms with Crippen molar-refractivity contribution in [1.29, 1.82) is 0 Å². The van der Waals surface area contributed by atoms with Crippen molar-refractivity contribution >= 4 is 23.2 Å². The molecule has 0 bridgehead atoms. The van der Waals surface area contributed by atoms with E-state index in [0.29, 0.717) is 5.02 Å². The van der Waals surface area contributed by atoms with Gasteiger partial charge in [0.15, 0.2) is 0 Å². The number of nitrogens with two attached hydrogens (primary N) is 1. The molecule has 1 amide bonds. The quantitative estimate of drug-likeness (QED) is 0.864. The maximum atomic E-state index is 12.4. The van der Waals surface area contributed by atoms with Crippen LogP contribution in [-0.4, -0.2) is 11.9 Å². The molecule has 2 atom stereocenters. The van der Waals surface area contributed by atoms with Gasteiger partial charge in [0.25, 0.3) is 0 Å². The molecule has 98 valence electrons. The van der Waals surface area contributed by atoms with Crippen LogP contribution in [0.15, 0.2) is 18.2 Å². The number of anilines is 1. The number of carbonyl (C=O) groups is 1. The summed E-state index contributed by atoms with van der Waals surface area (Å²) < 4.78 is 0. The number of benzene rings is 1. The van der Waals surface area contributed by atoms with Crippen molar-refractivity contribution in [2.75, 3.05) is 5.32 Å². The van der Waals surface area contributed by atoms with Crippen molar-refractivity contribution in [3.05, 3.63) is 28.8 Å². The molecule has 1 aliphatic carbocycles. The fraction of sp³-hybridized carbons (Fsp3) is 0.500. The van der Waals surface area contributed by atoms with Gasteiger partial charge in [-0.05, 0) is 44.4 Å². The van der Waals surface area contributed by atoms with Crippen LogP contribution in [0.3, 0.4) is 0 Å². The number of rotatable bonds is 2. The van der Waals surface area contributed by atoms with Gasteiger partial charge in [-0.1, -0.05) is 24.1 Å². The molecule has 1 aromatic rings. The molecule has 1 fully saturated rings. The van der Waals surface area contributed by atoms with Crippen molar-refractivity contribution in [3.63, 3.8) is 0 Å². The Morgan fingerprint density at radius 1 is 1.56 bits per heavy atom. The molecule has 1 aromatic carbocycles. The minimum absolute atomic E-state index is 0.00198. The van der Waals surface area contributed by atoms with Crippen LogP contribution in [-0.2, 0) is 4.79 Å². The molecule has 0 aromatic heterocycles. The van der Waals surface area contributed by atoms with Crippen LogP contribution in [0.4, 0.5) is 5.69 Å². The van der Waals surface area contributed by atoms with Crippen LogP contribution in [0.1, 0.15) is 31.7 Å². The molecule has 0 saturated heterocycles. The fourth-order valence-electron chi connectivity index (χ4n) is 2.47. The summed E-state index contributed by atoms with van der Waals surface area (Å²) in [5.74, 6) is -0.00198. The van der Waals surface area contributed by atoms with Crippen molar-refractivity contribution in [3.8, 4) is 0 Å². The summed E-state index contributed by atoms with van der Waals surface area (Å²) >= 11 is 5.95. The van der Waals surface area contributed by atoms with Crippen molar-refractivity contribution in [2.24, 2.45) is 11.1 Å². The zero-order valence-corrected chi connectivity index (χ0v) is 11.6. The van der Waals surface area contributed by atoms with E-state index in [4.69, 9.17) is 17.3 Å². The molecule has 3 N–H and O–H groups in total. The normalized spacial score (nSPS) is 27.2. The SMILES string of the molecule is Cc1ccc(Cl)cc1NC(=O)C1(C)CCCC1N. The number of aryl methyl sites for hydroxylation is 1. The molecule has 0 aliphatic heterocycles. The van der Waals surface area contributed by atoms with Crippen molar-refractivity contribution < 1.29 is 4.79 Å². The standard InChI is InChI=1S/C14H19ClN2O/c1-9-5-6-10(15)8-11(9)17-13(18)14(2)7-3-4-12(14)16/h5-6,8,12H,3-4,7,16H2,1-2H3,(H,17,18). The molecule has 3 nitrogen and oxygen atoms in total. The lowest BCUT2D eigenvalue weighted by Crippen LogP contribution is -2.44. The molecular formula is C14H19ClN2O. The van der Waals surface area contributed by atoms with Crippen LogP contribution in [0.25, 0.3) is 0 Å². The average Bonchev–Trinajstić information content (AvgIpc) is 2.66. The van der Waals surface area contributed by atoms with Crippen molar-refractivity contribution in [2.45, 2.75) is 39.2 Å². The third-order valence-electron chi connectivity index (χ3n) is 4.00. The highest BCUT2D eigenvalue weighted by Gasteiger charge is 2.43. The molecular weight excluding hydrogens is 248 g/mol. The lowest BCUT2D eigenvalue weighted by atomic mass is 9.84. The van der Waals surface area contributed by atoms with E-state index in [9.17, 15) is 4.79 Å². The maximum absolute atomic E-state index is 12.4. The Morgan fingerprint density at radius 3 is 2.89 bits per heavy atom. The Kier molecular flexibility index (Phi) is 3.64. The number of nitrogens with one attached hydrogen (secondary N) is 1. The van der Waals surface area contributed by atoms with Crippen molar-refractivity contribution in [1.82, 2.24) is 0 Å². The van der Waals surface area contributed by atoms with Crippen LogP contribution in [0.5, 0.6) is 0 Å². The van der Waals surface area contributed by atoms with Gasteiger partial charge in [-0.3, -0.25) is 4.79 Å². The van der Waals surface area contributed by atoms with E-state index in [1.807, 2.05) is 26.0 Å². The molecule has 4 heteroatoms. The molecule has 1 aliphatic rings. The average molecular weight is 267 g/mol. The second-order valence-electron chi connectivity index (χ2n) is 5.33. The first-order chi connectivity index (χ1) is 8.43. The lowest BCUT2D eigenvalue weighted by Gasteiger charge is -2.27. The fourth-order valence-corrected chi connectivity index (χ4v) is 2.64. The Labute approximate surface area is 113 Å². The molecule has 0 heterocycles. The number of hydrogen-bond donors (Lipinski definition) is 2. The summed E-state index contributed by atoms with van der Waals surface area (Å²) in [6, 6.07) is 5.43. The first-order valence-corrected chi connectivity index (χ1v) is 6.64. The smallest absolute Gasteiger partial charge is 0.231 e. The van der Waals surface area contributed by atoms with Gasteiger partial charge >= 0.3 is 0 Å². The van der Waals surface area contributed by atoms with Crippen LogP contribution in [0.2, 0.25) is 5.02 Å². The number of hydrogen-bond acceptors (Lipinski definition) is 2. The summed E-state index contributed by atoms with van der Waals surface area (Å²) in [5.41, 5.74) is 7.36.